The molecule has 0 spiro atoms. The number of aliphatic hydroxyl groups is 1. The highest BCUT2D eigenvalue weighted by Gasteiger charge is 2.32. The van der Waals surface area contributed by atoms with E-state index in [1.165, 1.54) is 0 Å². The van der Waals surface area contributed by atoms with Crippen molar-refractivity contribution in [3.8, 4) is 0 Å². The van der Waals surface area contributed by atoms with Crippen LogP contribution in [-0.2, 0) is 6.54 Å². The van der Waals surface area contributed by atoms with E-state index >= 15 is 0 Å². The van der Waals surface area contributed by atoms with Crippen molar-refractivity contribution in [2.24, 2.45) is 5.92 Å². The van der Waals surface area contributed by atoms with Crippen LogP contribution in [0.15, 0.2) is 12.1 Å². The minimum absolute atomic E-state index is 0.0692. The van der Waals surface area contributed by atoms with Crippen LogP contribution in [0.5, 0.6) is 0 Å². The Morgan fingerprint density at radius 1 is 1.14 bits per heavy atom. The molecule has 0 amide bonds. The van der Waals surface area contributed by atoms with Crippen LogP contribution in [0.2, 0.25) is 0 Å². The van der Waals surface area contributed by atoms with E-state index in [2.05, 4.69) is 12.2 Å². The summed E-state index contributed by atoms with van der Waals surface area (Å²) in [6.45, 7) is 2.56. The SMILES string of the molecule is CCC1CCC(O)(CNCc2cc(F)c(F)cc2F)CC1. The molecule has 0 unspecified atom stereocenters. The predicted octanol–water partition coefficient (Wildman–Crippen LogP) is 3.52. The highest BCUT2D eigenvalue weighted by atomic mass is 19.2. The first-order valence-electron chi connectivity index (χ1n) is 7.50. The van der Waals surface area contributed by atoms with Crippen molar-refractivity contribution < 1.29 is 18.3 Å². The Kier molecular flexibility index (Phi) is 5.27. The Hall–Kier alpha value is -1.07. The van der Waals surface area contributed by atoms with E-state index < -0.39 is 23.1 Å². The highest BCUT2D eigenvalue weighted by molar-refractivity contribution is 5.20. The molecule has 2 N–H and O–H groups in total. The van der Waals surface area contributed by atoms with E-state index in [4.69, 9.17) is 0 Å². The lowest BCUT2D eigenvalue weighted by atomic mass is 9.78. The lowest BCUT2D eigenvalue weighted by Crippen LogP contribution is -2.43. The van der Waals surface area contributed by atoms with Crippen molar-refractivity contribution in [1.82, 2.24) is 5.32 Å². The maximum absolute atomic E-state index is 13.5. The van der Waals surface area contributed by atoms with Gasteiger partial charge in [0, 0.05) is 24.7 Å². The molecule has 0 atom stereocenters. The Morgan fingerprint density at radius 2 is 1.76 bits per heavy atom. The van der Waals surface area contributed by atoms with Crippen LogP contribution in [0.3, 0.4) is 0 Å². The van der Waals surface area contributed by atoms with Crippen molar-refractivity contribution in [3.05, 3.63) is 35.1 Å². The third kappa shape index (κ3) is 4.20. The quantitative estimate of drug-likeness (QED) is 0.816. The van der Waals surface area contributed by atoms with Gasteiger partial charge in [-0.05, 0) is 37.7 Å². The Bertz CT molecular complexity index is 485. The molecule has 0 aliphatic heterocycles. The molecule has 2 nitrogen and oxygen atoms in total. The average Bonchev–Trinajstić information content (AvgIpc) is 2.45. The van der Waals surface area contributed by atoms with Crippen LogP contribution >= 0.6 is 0 Å². The van der Waals surface area contributed by atoms with Crippen LogP contribution in [-0.4, -0.2) is 17.3 Å². The molecule has 0 radical (unpaired) electrons. The number of nitrogens with one attached hydrogen (secondary N) is 1. The van der Waals surface area contributed by atoms with Gasteiger partial charge in [-0.25, -0.2) is 13.2 Å². The summed E-state index contributed by atoms with van der Waals surface area (Å²) in [5.41, 5.74) is -0.708. The van der Waals surface area contributed by atoms with Gasteiger partial charge in [-0.15, -0.1) is 0 Å². The molecule has 0 aromatic heterocycles. The Balaban J connectivity index is 1.86. The molecule has 1 saturated carbocycles. The van der Waals surface area contributed by atoms with Gasteiger partial charge < -0.3 is 10.4 Å². The summed E-state index contributed by atoms with van der Waals surface area (Å²) in [5, 5.41) is 13.4. The Morgan fingerprint density at radius 3 is 2.38 bits per heavy atom. The largest absolute Gasteiger partial charge is 0.389 e. The van der Waals surface area contributed by atoms with Gasteiger partial charge in [0.2, 0.25) is 0 Å². The zero-order chi connectivity index (χ0) is 15.5. The van der Waals surface area contributed by atoms with Gasteiger partial charge in [0.15, 0.2) is 11.6 Å². The molecule has 21 heavy (non-hydrogen) atoms. The van der Waals surface area contributed by atoms with Crippen molar-refractivity contribution in [2.75, 3.05) is 6.54 Å². The highest BCUT2D eigenvalue weighted by Crippen LogP contribution is 2.33. The number of benzene rings is 1. The summed E-state index contributed by atoms with van der Waals surface area (Å²) in [5.74, 6) is -2.35. The van der Waals surface area contributed by atoms with E-state index in [0.29, 0.717) is 18.5 Å². The maximum Gasteiger partial charge on any atom is 0.161 e. The number of halogens is 3. The lowest BCUT2D eigenvalue weighted by molar-refractivity contribution is -0.00886. The summed E-state index contributed by atoms with van der Waals surface area (Å²) in [6, 6.07) is 1.41. The molecule has 0 bridgehead atoms. The zero-order valence-corrected chi connectivity index (χ0v) is 12.3. The van der Waals surface area contributed by atoms with E-state index in [0.717, 1.165) is 38.2 Å². The predicted molar refractivity (Wildman–Crippen MR) is 75.2 cm³/mol. The van der Waals surface area contributed by atoms with Crippen LogP contribution in [0.4, 0.5) is 13.2 Å². The van der Waals surface area contributed by atoms with Crippen LogP contribution in [0, 0.1) is 23.4 Å². The topological polar surface area (TPSA) is 32.3 Å². The monoisotopic (exact) mass is 301 g/mol. The summed E-state index contributed by atoms with van der Waals surface area (Å²) in [7, 11) is 0. The van der Waals surface area contributed by atoms with Crippen molar-refractivity contribution >= 4 is 0 Å². The first-order valence-corrected chi connectivity index (χ1v) is 7.50. The fourth-order valence-corrected chi connectivity index (χ4v) is 2.93. The van der Waals surface area contributed by atoms with Gasteiger partial charge in [-0.1, -0.05) is 13.3 Å². The van der Waals surface area contributed by atoms with Gasteiger partial charge in [0.25, 0.3) is 0 Å². The third-order valence-electron chi connectivity index (χ3n) is 4.47. The van der Waals surface area contributed by atoms with Crippen LogP contribution in [0.1, 0.15) is 44.6 Å². The molecule has 1 aliphatic rings. The molecule has 1 aromatic carbocycles. The molecular weight excluding hydrogens is 279 g/mol. The first kappa shape index (κ1) is 16.3. The summed E-state index contributed by atoms with van der Waals surface area (Å²) >= 11 is 0. The van der Waals surface area contributed by atoms with Crippen molar-refractivity contribution in [1.29, 1.82) is 0 Å². The van der Waals surface area contributed by atoms with E-state index in [1.54, 1.807) is 0 Å². The van der Waals surface area contributed by atoms with Crippen LogP contribution in [0.25, 0.3) is 0 Å². The van der Waals surface area contributed by atoms with Crippen LogP contribution < -0.4 is 5.32 Å². The molecule has 1 fully saturated rings. The van der Waals surface area contributed by atoms with Gasteiger partial charge >= 0.3 is 0 Å². The average molecular weight is 301 g/mol. The van der Waals surface area contributed by atoms with Gasteiger partial charge in [-0.2, -0.15) is 0 Å². The second-order valence-corrected chi connectivity index (χ2v) is 6.04. The van der Waals surface area contributed by atoms with Crippen molar-refractivity contribution in [2.45, 2.75) is 51.2 Å². The zero-order valence-electron chi connectivity index (χ0n) is 12.3. The van der Waals surface area contributed by atoms with Gasteiger partial charge in [0.1, 0.15) is 5.82 Å². The minimum Gasteiger partial charge on any atom is -0.389 e. The normalized spacial score (nSPS) is 26.0. The fraction of sp³-hybridized carbons (Fsp3) is 0.625. The molecule has 0 saturated heterocycles. The van der Waals surface area contributed by atoms with Gasteiger partial charge in [-0.3, -0.25) is 0 Å². The summed E-state index contributed by atoms with van der Waals surface area (Å²) < 4.78 is 39.4. The van der Waals surface area contributed by atoms with Crippen molar-refractivity contribution in [3.63, 3.8) is 0 Å². The van der Waals surface area contributed by atoms with E-state index in [-0.39, 0.29) is 12.1 Å². The number of rotatable bonds is 5. The Labute approximate surface area is 123 Å². The fourth-order valence-electron chi connectivity index (χ4n) is 2.93. The molecule has 1 aliphatic carbocycles. The molecule has 0 heterocycles. The molecule has 2 rings (SSSR count). The molecule has 5 heteroatoms. The summed E-state index contributed by atoms with van der Waals surface area (Å²) in [6.07, 6.45) is 4.56. The lowest BCUT2D eigenvalue weighted by Gasteiger charge is -2.36. The second kappa shape index (κ2) is 6.79. The first-order chi connectivity index (χ1) is 9.93. The second-order valence-electron chi connectivity index (χ2n) is 6.04. The standard InChI is InChI=1S/C16H22F3NO/c1-2-11-3-5-16(21,6-4-11)10-20-9-12-7-14(18)15(19)8-13(12)17/h7-8,11,20-21H,2-6,9-10H2,1H3. The summed E-state index contributed by atoms with van der Waals surface area (Å²) in [4.78, 5) is 0. The smallest absolute Gasteiger partial charge is 0.161 e. The molecule has 1 aromatic rings. The number of hydrogen-bond donors (Lipinski definition) is 2. The number of hydrogen-bond acceptors (Lipinski definition) is 2. The van der Waals surface area contributed by atoms with E-state index in [9.17, 15) is 18.3 Å². The minimum atomic E-state index is -1.19. The third-order valence-corrected chi connectivity index (χ3v) is 4.47. The molecule has 118 valence electrons. The molecular formula is C16H22F3NO. The van der Waals surface area contributed by atoms with Gasteiger partial charge in [0.05, 0.1) is 5.60 Å². The maximum atomic E-state index is 13.5. The van der Waals surface area contributed by atoms with E-state index in [1.807, 2.05) is 0 Å².